The fraction of sp³-hybridized carbons (Fsp3) is 0.462. The van der Waals surface area contributed by atoms with E-state index in [9.17, 15) is 9.90 Å². The lowest BCUT2D eigenvalue weighted by Crippen LogP contribution is -2.33. The molecule has 2 N–H and O–H groups in total. The summed E-state index contributed by atoms with van der Waals surface area (Å²) in [7, 11) is 0. The molecular formula is C13H18O3S. The maximum Gasteiger partial charge on any atom is 0.335 e. The molecule has 17 heavy (non-hydrogen) atoms. The molecule has 0 heterocycles. The average Bonchev–Trinajstić information content (AvgIpc) is 2.26. The molecule has 0 bridgehead atoms. The number of aromatic carboxylic acids is 1. The molecule has 1 rings (SSSR count). The van der Waals surface area contributed by atoms with E-state index in [1.807, 2.05) is 19.9 Å². The van der Waals surface area contributed by atoms with Crippen molar-refractivity contribution in [3.63, 3.8) is 0 Å². The lowest BCUT2D eigenvalue weighted by atomic mass is 9.95. The van der Waals surface area contributed by atoms with Crippen LogP contribution in [0.1, 0.15) is 31.1 Å². The van der Waals surface area contributed by atoms with Crippen LogP contribution >= 0.6 is 11.8 Å². The Hall–Kier alpha value is -1.00. The van der Waals surface area contributed by atoms with Crippen molar-refractivity contribution < 1.29 is 15.0 Å². The van der Waals surface area contributed by atoms with Crippen molar-refractivity contribution in [1.29, 1.82) is 0 Å². The minimum Gasteiger partial charge on any atom is -0.478 e. The summed E-state index contributed by atoms with van der Waals surface area (Å²) < 4.78 is 0. The normalized spacial score (nSPS) is 14.6. The van der Waals surface area contributed by atoms with Gasteiger partial charge in [-0.15, -0.1) is 11.8 Å². The maximum atomic E-state index is 10.8. The summed E-state index contributed by atoms with van der Waals surface area (Å²) in [5.41, 5.74) is -0.469. The van der Waals surface area contributed by atoms with Gasteiger partial charge in [0.25, 0.3) is 0 Å². The van der Waals surface area contributed by atoms with Crippen LogP contribution in [0.25, 0.3) is 0 Å². The lowest BCUT2D eigenvalue weighted by Gasteiger charge is -2.27. The number of carboxylic acid groups (broad SMARTS) is 1. The first-order chi connectivity index (χ1) is 7.83. The summed E-state index contributed by atoms with van der Waals surface area (Å²) in [6.45, 7) is 5.73. The fourth-order valence-corrected chi connectivity index (χ4v) is 2.29. The van der Waals surface area contributed by atoms with Crippen LogP contribution < -0.4 is 0 Å². The molecule has 1 aromatic rings. The van der Waals surface area contributed by atoms with E-state index in [1.165, 1.54) is 11.8 Å². The first kappa shape index (κ1) is 14.1. The summed E-state index contributed by atoms with van der Waals surface area (Å²) in [5.74, 6) is -0.214. The summed E-state index contributed by atoms with van der Waals surface area (Å²) in [6.07, 6.45) is 0. The Kier molecular flexibility index (Phi) is 4.60. The number of hydrogen-bond acceptors (Lipinski definition) is 3. The van der Waals surface area contributed by atoms with Crippen molar-refractivity contribution in [2.24, 2.45) is 5.92 Å². The molecule has 0 saturated heterocycles. The van der Waals surface area contributed by atoms with Gasteiger partial charge in [0.15, 0.2) is 0 Å². The van der Waals surface area contributed by atoms with Gasteiger partial charge in [-0.3, -0.25) is 0 Å². The minimum atomic E-state index is -0.928. The van der Waals surface area contributed by atoms with E-state index >= 15 is 0 Å². The molecule has 0 radical (unpaired) electrons. The zero-order chi connectivity index (χ0) is 13.1. The van der Waals surface area contributed by atoms with Gasteiger partial charge in [0, 0.05) is 10.6 Å². The molecule has 1 atom stereocenters. The highest BCUT2D eigenvalue weighted by atomic mass is 32.2. The monoisotopic (exact) mass is 254 g/mol. The quantitative estimate of drug-likeness (QED) is 0.793. The molecular weight excluding hydrogens is 236 g/mol. The second-order valence-corrected chi connectivity index (χ2v) is 5.68. The highest BCUT2D eigenvalue weighted by Crippen LogP contribution is 2.27. The van der Waals surface area contributed by atoms with Crippen molar-refractivity contribution in [1.82, 2.24) is 0 Å². The van der Waals surface area contributed by atoms with Gasteiger partial charge in [-0.05, 0) is 31.0 Å². The van der Waals surface area contributed by atoms with Crippen LogP contribution in [0.3, 0.4) is 0 Å². The second-order valence-electron chi connectivity index (χ2n) is 4.63. The molecule has 0 amide bonds. The largest absolute Gasteiger partial charge is 0.478 e. The lowest BCUT2D eigenvalue weighted by molar-refractivity contribution is 0.0376. The zero-order valence-electron chi connectivity index (χ0n) is 10.3. The number of carbonyl (C=O) groups is 1. The Morgan fingerprint density at radius 2 is 2.12 bits per heavy atom. The number of benzene rings is 1. The van der Waals surface area contributed by atoms with E-state index in [4.69, 9.17) is 5.11 Å². The molecule has 0 aliphatic rings. The van der Waals surface area contributed by atoms with Crippen LogP contribution in [0.4, 0.5) is 0 Å². The van der Waals surface area contributed by atoms with E-state index in [-0.39, 0.29) is 11.5 Å². The van der Waals surface area contributed by atoms with E-state index in [2.05, 4.69) is 0 Å². The van der Waals surface area contributed by atoms with Crippen LogP contribution in [0.15, 0.2) is 29.2 Å². The predicted octanol–water partition coefficient (Wildman–Crippen LogP) is 2.88. The molecule has 0 fully saturated rings. The number of aliphatic hydroxyl groups is 1. The van der Waals surface area contributed by atoms with Crippen LogP contribution in [0.5, 0.6) is 0 Å². The standard InChI is InChI=1S/C13H18O3S/c1-9(2)13(3,16)8-17-11-6-4-5-10(7-11)12(14)15/h4-7,9,16H,8H2,1-3H3,(H,14,15). The first-order valence-corrected chi connectivity index (χ1v) is 6.50. The van der Waals surface area contributed by atoms with Crippen molar-refractivity contribution >= 4 is 17.7 Å². The molecule has 0 saturated carbocycles. The molecule has 94 valence electrons. The molecule has 0 aliphatic carbocycles. The van der Waals surface area contributed by atoms with Crippen molar-refractivity contribution in [2.75, 3.05) is 5.75 Å². The highest BCUT2D eigenvalue weighted by molar-refractivity contribution is 7.99. The third-order valence-corrected chi connectivity index (χ3v) is 4.17. The van der Waals surface area contributed by atoms with Gasteiger partial charge in [0.1, 0.15) is 0 Å². The van der Waals surface area contributed by atoms with Crippen LogP contribution in [0, 0.1) is 5.92 Å². The first-order valence-electron chi connectivity index (χ1n) is 5.51. The number of rotatable bonds is 5. The molecule has 4 heteroatoms. The second kappa shape index (κ2) is 5.56. The summed E-state index contributed by atoms with van der Waals surface area (Å²) in [4.78, 5) is 11.7. The van der Waals surface area contributed by atoms with E-state index in [0.717, 1.165) is 4.90 Å². The smallest absolute Gasteiger partial charge is 0.335 e. The van der Waals surface area contributed by atoms with Crippen molar-refractivity contribution in [3.05, 3.63) is 29.8 Å². The van der Waals surface area contributed by atoms with Gasteiger partial charge in [0.2, 0.25) is 0 Å². The SMILES string of the molecule is CC(C)C(C)(O)CSc1cccc(C(=O)O)c1. The third kappa shape index (κ3) is 4.06. The van der Waals surface area contributed by atoms with Gasteiger partial charge in [0.05, 0.1) is 11.2 Å². The Morgan fingerprint density at radius 3 is 2.65 bits per heavy atom. The Morgan fingerprint density at radius 1 is 1.47 bits per heavy atom. The summed E-state index contributed by atoms with van der Waals surface area (Å²) in [5, 5.41) is 19.0. The van der Waals surface area contributed by atoms with Crippen LogP contribution in [-0.2, 0) is 0 Å². The highest BCUT2D eigenvalue weighted by Gasteiger charge is 2.24. The molecule has 0 aliphatic heterocycles. The topological polar surface area (TPSA) is 57.5 Å². The van der Waals surface area contributed by atoms with Gasteiger partial charge in [-0.2, -0.15) is 0 Å². The average molecular weight is 254 g/mol. The number of hydrogen-bond donors (Lipinski definition) is 2. The van der Waals surface area contributed by atoms with Gasteiger partial charge >= 0.3 is 5.97 Å². The Labute approximate surface area is 106 Å². The van der Waals surface area contributed by atoms with Crippen molar-refractivity contribution in [3.8, 4) is 0 Å². The van der Waals surface area contributed by atoms with Gasteiger partial charge in [-0.1, -0.05) is 19.9 Å². The van der Waals surface area contributed by atoms with Gasteiger partial charge < -0.3 is 10.2 Å². The molecule has 0 aromatic heterocycles. The number of carboxylic acids is 1. The molecule has 0 spiro atoms. The van der Waals surface area contributed by atoms with Crippen LogP contribution in [0.2, 0.25) is 0 Å². The van der Waals surface area contributed by atoms with E-state index in [0.29, 0.717) is 5.75 Å². The van der Waals surface area contributed by atoms with Crippen LogP contribution in [-0.4, -0.2) is 27.5 Å². The minimum absolute atomic E-state index is 0.164. The molecule has 1 aromatic carbocycles. The fourth-order valence-electron chi connectivity index (χ4n) is 1.12. The predicted molar refractivity (Wildman–Crippen MR) is 69.6 cm³/mol. The van der Waals surface area contributed by atoms with Crippen molar-refractivity contribution in [2.45, 2.75) is 31.3 Å². The third-order valence-electron chi connectivity index (χ3n) is 2.86. The molecule has 1 unspecified atom stereocenters. The summed E-state index contributed by atoms with van der Waals surface area (Å²) >= 11 is 1.47. The Bertz CT molecular complexity index is 399. The maximum absolute atomic E-state index is 10.8. The number of thioether (sulfide) groups is 1. The van der Waals surface area contributed by atoms with E-state index in [1.54, 1.807) is 25.1 Å². The zero-order valence-corrected chi connectivity index (χ0v) is 11.1. The van der Waals surface area contributed by atoms with E-state index < -0.39 is 11.6 Å². The Balaban J connectivity index is 2.70. The molecule has 3 nitrogen and oxygen atoms in total. The summed E-state index contributed by atoms with van der Waals surface area (Å²) in [6, 6.07) is 6.76. The van der Waals surface area contributed by atoms with Gasteiger partial charge in [-0.25, -0.2) is 4.79 Å².